The summed E-state index contributed by atoms with van der Waals surface area (Å²) in [7, 11) is 3.32. The van der Waals surface area contributed by atoms with Crippen LogP contribution in [0.15, 0.2) is 18.3 Å². The molecule has 0 atom stereocenters. The number of fused-ring (bicyclic) bond motifs is 1. The van der Waals surface area contributed by atoms with Gasteiger partial charge >= 0.3 is 0 Å². The lowest BCUT2D eigenvalue weighted by atomic mass is 10.0. The van der Waals surface area contributed by atoms with Gasteiger partial charge in [-0.15, -0.1) is 0 Å². The molecule has 0 amide bonds. The maximum absolute atomic E-state index is 5.27. The van der Waals surface area contributed by atoms with Crippen LogP contribution in [0.5, 0.6) is 11.5 Å². The van der Waals surface area contributed by atoms with E-state index in [-0.39, 0.29) is 0 Å². The largest absolute Gasteiger partial charge is 0.493 e. The molecule has 1 aromatic carbocycles. The SMILES string of the molecule is COc1cc2c(cc1OC)CCNC=C2. The quantitative estimate of drug-likeness (QED) is 0.799. The van der Waals surface area contributed by atoms with Crippen molar-refractivity contribution in [2.45, 2.75) is 6.42 Å². The second-order valence-electron chi connectivity index (χ2n) is 3.44. The Bertz CT molecular complexity index is 385. The smallest absolute Gasteiger partial charge is 0.161 e. The van der Waals surface area contributed by atoms with Gasteiger partial charge in [-0.05, 0) is 42.0 Å². The zero-order valence-electron chi connectivity index (χ0n) is 9.04. The normalized spacial score (nSPS) is 13.7. The average Bonchev–Trinajstić information content (AvgIpc) is 2.51. The lowest BCUT2D eigenvalue weighted by Crippen LogP contribution is -2.07. The monoisotopic (exact) mass is 205 g/mol. The van der Waals surface area contributed by atoms with Crippen molar-refractivity contribution in [3.05, 3.63) is 29.5 Å². The molecule has 1 aliphatic heterocycles. The van der Waals surface area contributed by atoms with Crippen LogP contribution in [0.25, 0.3) is 6.08 Å². The maximum atomic E-state index is 5.27. The van der Waals surface area contributed by atoms with E-state index in [0.29, 0.717) is 0 Å². The molecule has 3 heteroatoms. The lowest BCUT2D eigenvalue weighted by molar-refractivity contribution is 0.354. The molecule has 0 saturated carbocycles. The van der Waals surface area contributed by atoms with Crippen LogP contribution in [-0.4, -0.2) is 20.8 Å². The highest BCUT2D eigenvalue weighted by molar-refractivity contribution is 5.60. The summed E-state index contributed by atoms with van der Waals surface area (Å²) in [6.07, 6.45) is 5.03. The standard InChI is InChI=1S/C12H15NO2/c1-14-11-7-9-3-5-13-6-4-10(9)8-12(11)15-2/h3,5,7-8,13H,4,6H2,1-2H3. The molecule has 0 saturated heterocycles. The van der Waals surface area contributed by atoms with E-state index in [1.54, 1.807) is 14.2 Å². The summed E-state index contributed by atoms with van der Waals surface area (Å²) >= 11 is 0. The zero-order valence-corrected chi connectivity index (χ0v) is 9.04. The van der Waals surface area contributed by atoms with Gasteiger partial charge in [-0.2, -0.15) is 0 Å². The Labute approximate surface area is 89.7 Å². The maximum Gasteiger partial charge on any atom is 0.161 e. The van der Waals surface area contributed by atoms with E-state index >= 15 is 0 Å². The summed E-state index contributed by atoms with van der Waals surface area (Å²) in [6, 6.07) is 4.06. The first-order valence-electron chi connectivity index (χ1n) is 5.00. The molecule has 0 aliphatic carbocycles. The van der Waals surface area contributed by atoms with E-state index in [0.717, 1.165) is 24.5 Å². The fourth-order valence-electron chi connectivity index (χ4n) is 1.75. The van der Waals surface area contributed by atoms with Gasteiger partial charge in [-0.1, -0.05) is 0 Å². The molecule has 0 radical (unpaired) electrons. The third kappa shape index (κ3) is 1.91. The van der Waals surface area contributed by atoms with Crippen LogP contribution in [0, 0.1) is 0 Å². The first kappa shape index (κ1) is 9.90. The number of benzene rings is 1. The summed E-state index contributed by atoms with van der Waals surface area (Å²) in [5, 5.41) is 3.21. The van der Waals surface area contributed by atoms with E-state index < -0.39 is 0 Å². The lowest BCUT2D eigenvalue weighted by Gasteiger charge is -2.11. The molecule has 0 fully saturated rings. The molecule has 2 rings (SSSR count). The van der Waals surface area contributed by atoms with E-state index in [9.17, 15) is 0 Å². The molecular weight excluding hydrogens is 190 g/mol. The van der Waals surface area contributed by atoms with Gasteiger partial charge in [0.15, 0.2) is 11.5 Å². The minimum atomic E-state index is 0.780. The molecule has 1 aromatic rings. The molecule has 0 bridgehead atoms. The zero-order chi connectivity index (χ0) is 10.7. The topological polar surface area (TPSA) is 30.5 Å². The van der Waals surface area contributed by atoms with Crippen LogP contribution in [-0.2, 0) is 6.42 Å². The number of ether oxygens (including phenoxy) is 2. The van der Waals surface area contributed by atoms with Gasteiger partial charge in [0.2, 0.25) is 0 Å². The first-order chi connectivity index (χ1) is 7.35. The van der Waals surface area contributed by atoms with Gasteiger partial charge in [0.05, 0.1) is 14.2 Å². The highest BCUT2D eigenvalue weighted by Crippen LogP contribution is 2.31. The fraction of sp³-hybridized carbons (Fsp3) is 0.333. The molecule has 0 unspecified atom stereocenters. The molecule has 1 heterocycles. The summed E-state index contributed by atoms with van der Waals surface area (Å²) in [6.45, 7) is 0.957. The first-order valence-corrected chi connectivity index (χ1v) is 5.00. The van der Waals surface area contributed by atoms with E-state index in [1.807, 2.05) is 18.3 Å². The summed E-state index contributed by atoms with van der Waals surface area (Å²) in [5.74, 6) is 1.58. The van der Waals surface area contributed by atoms with Crippen LogP contribution in [0.1, 0.15) is 11.1 Å². The molecule has 0 aromatic heterocycles. The van der Waals surface area contributed by atoms with Crippen molar-refractivity contribution in [3.8, 4) is 11.5 Å². The van der Waals surface area contributed by atoms with Crippen LogP contribution in [0.2, 0.25) is 0 Å². The van der Waals surface area contributed by atoms with Gasteiger partial charge in [-0.3, -0.25) is 0 Å². The third-order valence-electron chi connectivity index (χ3n) is 2.56. The second kappa shape index (κ2) is 4.26. The third-order valence-corrected chi connectivity index (χ3v) is 2.56. The van der Waals surface area contributed by atoms with Crippen molar-refractivity contribution in [3.63, 3.8) is 0 Å². The highest BCUT2D eigenvalue weighted by atomic mass is 16.5. The van der Waals surface area contributed by atoms with Crippen LogP contribution < -0.4 is 14.8 Å². The highest BCUT2D eigenvalue weighted by Gasteiger charge is 2.10. The minimum Gasteiger partial charge on any atom is -0.493 e. The molecule has 80 valence electrons. The van der Waals surface area contributed by atoms with E-state index in [2.05, 4.69) is 11.4 Å². The summed E-state index contributed by atoms with van der Waals surface area (Å²) < 4.78 is 10.5. The Morgan fingerprint density at radius 2 is 1.87 bits per heavy atom. The van der Waals surface area contributed by atoms with Crippen LogP contribution in [0.4, 0.5) is 0 Å². The Morgan fingerprint density at radius 1 is 1.13 bits per heavy atom. The second-order valence-corrected chi connectivity index (χ2v) is 3.44. The van der Waals surface area contributed by atoms with Crippen LogP contribution >= 0.6 is 0 Å². The molecular formula is C12H15NO2. The Hall–Kier alpha value is -1.64. The van der Waals surface area contributed by atoms with Gasteiger partial charge in [0, 0.05) is 6.54 Å². The van der Waals surface area contributed by atoms with Crippen molar-refractivity contribution < 1.29 is 9.47 Å². The molecule has 1 aliphatic rings. The van der Waals surface area contributed by atoms with Crippen molar-refractivity contribution in [1.82, 2.24) is 5.32 Å². The molecule has 0 spiro atoms. The van der Waals surface area contributed by atoms with Gasteiger partial charge < -0.3 is 14.8 Å². The van der Waals surface area contributed by atoms with Crippen molar-refractivity contribution in [2.75, 3.05) is 20.8 Å². The number of nitrogens with one attached hydrogen (secondary N) is 1. The number of rotatable bonds is 2. The number of hydrogen-bond acceptors (Lipinski definition) is 3. The van der Waals surface area contributed by atoms with Crippen LogP contribution in [0.3, 0.4) is 0 Å². The number of methoxy groups -OCH3 is 2. The Morgan fingerprint density at radius 3 is 2.60 bits per heavy atom. The summed E-state index contributed by atoms with van der Waals surface area (Å²) in [4.78, 5) is 0. The van der Waals surface area contributed by atoms with Gasteiger partial charge in [0.1, 0.15) is 0 Å². The average molecular weight is 205 g/mol. The Balaban J connectivity index is 2.48. The fourth-order valence-corrected chi connectivity index (χ4v) is 1.75. The van der Waals surface area contributed by atoms with E-state index in [4.69, 9.17) is 9.47 Å². The minimum absolute atomic E-state index is 0.780. The van der Waals surface area contributed by atoms with Crippen molar-refractivity contribution in [2.24, 2.45) is 0 Å². The van der Waals surface area contributed by atoms with Crippen molar-refractivity contribution in [1.29, 1.82) is 0 Å². The Kier molecular flexibility index (Phi) is 2.81. The summed E-state index contributed by atoms with van der Waals surface area (Å²) in [5.41, 5.74) is 2.48. The van der Waals surface area contributed by atoms with Crippen molar-refractivity contribution >= 4 is 6.08 Å². The molecule has 15 heavy (non-hydrogen) atoms. The molecule has 3 nitrogen and oxygen atoms in total. The predicted molar refractivity (Wildman–Crippen MR) is 60.3 cm³/mol. The molecule has 1 N–H and O–H groups in total. The number of hydrogen-bond donors (Lipinski definition) is 1. The van der Waals surface area contributed by atoms with E-state index in [1.165, 1.54) is 11.1 Å². The van der Waals surface area contributed by atoms with Gasteiger partial charge in [-0.25, -0.2) is 0 Å². The predicted octanol–water partition coefficient (Wildman–Crippen LogP) is 1.82. The van der Waals surface area contributed by atoms with Gasteiger partial charge in [0.25, 0.3) is 0 Å².